The highest BCUT2D eigenvalue weighted by Gasteiger charge is 2.05. The second kappa shape index (κ2) is 10.0. The van der Waals surface area contributed by atoms with Crippen LogP contribution in [0.25, 0.3) is 0 Å². The Morgan fingerprint density at radius 3 is 2.14 bits per heavy atom. The van der Waals surface area contributed by atoms with E-state index >= 15 is 0 Å². The number of para-hydroxylation sites is 1. The predicted octanol–water partition coefficient (Wildman–Crippen LogP) is 4.47. The molecule has 1 amide bonds. The van der Waals surface area contributed by atoms with Crippen molar-refractivity contribution in [1.82, 2.24) is 0 Å². The maximum absolute atomic E-state index is 12.1. The number of rotatable bonds is 9. The first-order valence-corrected chi connectivity index (χ1v) is 9.09. The molecule has 0 spiro atoms. The zero-order chi connectivity index (χ0) is 19.6. The molecule has 28 heavy (non-hydrogen) atoms. The highest BCUT2D eigenvalue weighted by molar-refractivity contribution is 5.92. The summed E-state index contributed by atoms with van der Waals surface area (Å²) in [5.41, 5.74) is 1.73. The molecule has 0 aliphatic heterocycles. The normalized spacial score (nSPS) is 10.2. The van der Waals surface area contributed by atoms with E-state index in [0.29, 0.717) is 30.4 Å². The van der Waals surface area contributed by atoms with E-state index < -0.39 is 0 Å². The minimum atomic E-state index is -0.230. The first kappa shape index (κ1) is 19.3. The summed E-state index contributed by atoms with van der Waals surface area (Å²) in [6.07, 6.45) is 0. The Morgan fingerprint density at radius 1 is 0.750 bits per heavy atom. The van der Waals surface area contributed by atoms with E-state index in [0.717, 1.165) is 11.3 Å². The number of hydrogen-bond acceptors (Lipinski definition) is 4. The van der Waals surface area contributed by atoms with Gasteiger partial charge in [0.1, 0.15) is 30.5 Å². The lowest BCUT2D eigenvalue weighted by molar-refractivity contribution is -0.118. The van der Waals surface area contributed by atoms with Crippen molar-refractivity contribution in [3.63, 3.8) is 0 Å². The zero-order valence-corrected chi connectivity index (χ0v) is 15.8. The summed E-state index contributed by atoms with van der Waals surface area (Å²) in [5.74, 6) is 1.91. The molecule has 144 valence electrons. The molecule has 3 aromatic rings. The zero-order valence-electron chi connectivity index (χ0n) is 15.8. The molecule has 0 heterocycles. The molecule has 0 aromatic heterocycles. The number of hydrogen-bond donors (Lipinski definition) is 1. The fourth-order valence-electron chi connectivity index (χ4n) is 2.55. The number of benzene rings is 3. The number of aryl methyl sites for hydroxylation is 1. The Hall–Kier alpha value is -3.47. The molecular weight excluding hydrogens is 354 g/mol. The Balaban J connectivity index is 1.42. The molecule has 5 nitrogen and oxygen atoms in total. The summed E-state index contributed by atoms with van der Waals surface area (Å²) in [6.45, 7) is 2.76. The molecular formula is C23H23NO4. The van der Waals surface area contributed by atoms with Crippen LogP contribution in [0.4, 0.5) is 5.69 Å². The summed E-state index contributed by atoms with van der Waals surface area (Å²) in [6, 6.07) is 24.4. The number of anilines is 1. The maximum atomic E-state index is 12.1. The topological polar surface area (TPSA) is 56.8 Å². The SMILES string of the molecule is Cc1cccc(OCC(=O)Nc2cccc(OCCOc3ccccc3)c2)c1. The first-order valence-electron chi connectivity index (χ1n) is 9.09. The van der Waals surface area contributed by atoms with Crippen molar-refractivity contribution in [3.8, 4) is 17.2 Å². The van der Waals surface area contributed by atoms with Crippen molar-refractivity contribution in [1.29, 1.82) is 0 Å². The minimum absolute atomic E-state index is 0.0561. The molecule has 0 radical (unpaired) electrons. The lowest BCUT2D eigenvalue weighted by Crippen LogP contribution is -2.20. The van der Waals surface area contributed by atoms with Crippen LogP contribution in [0.15, 0.2) is 78.9 Å². The molecule has 0 saturated heterocycles. The third-order valence-electron chi connectivity index (χ3n) is 3.84. The van der Waals surface area contributed by atoms with Crippen molar-refractivity contribution in [2.24, 2.45) is 0 Å². The Bertz CT molecular complexity index is 896. The fourth-order valence-corrected chi connectivity index (χ4v) is 2.55. The van der Waals surface area contributed by atoms with Crippen LogP contribution in [0.2, 0.25) is 0 Å². The lowest BCUT2D eigenvalue weighted by atomic mass is 10.2. The van der Waals surface area contributed by atoms with Crippen LogP contribution in [0, 0.1) is 6.92 Å². The predicted molar refractivity (Wildman–Crippen MR) is 109 cm³/mol. The Kier molecular flexibility index (Phi) is 6.90. The summed E-state index contributed by atoms with van der Waals surface area (Å²) < 4.78 is 16.8. The van der Waals surface area contributed by atoms with E-state index in [-0.39, 0.29) is 12.5 Å². The molecule has 5 heteroatoms. The average Bonchev–Trinajstić information content (AvgIpc) is 2.71. The standard InChI is InChI=1S/C23H23NO4/c1-18-7-5-11-21(15-18)28-17-23(25)24-19-8-6-12-22(16-19)27-14-13-26-20-9-3-2-4-10-20/h2-12,15-16H,13-14,17H2,1H3,(H,24,25). The average molecular weight is 377 g/mol. The van der Waals surface area contributed by atoms with Gasteiger partial charge in [0.2, 0.25) is 0 Å². The monoisotopic (exact) mass is 377 g/mol. The van der Waals surface area contributed by atoms with Crippen LogP contribution in [-0.2, 0) is 4.79 Å². The third-order valence-corrected chi connectivity index (χ3v) is 3.84. The van der Waals surface area contributed by atoms with Gasteiger partial charge in [0.05, 0.1) is 0 Å². The lowest BCUT2D eigenvalue weighted by Gasteiger charge is -2.11. The molecule has 0 aliphatic rings. The van der Waals surface area contributed by atoms with Gasteiger partial charge in [0.15, 0.2) is 6.61 Å². The van der Waals surface area contributed by atoms with E-state index in [4.69, 9.17) is 14.2 Å². The van der Waals surface area contributed by atoms with Crippen molar-refractivity contribution < 1.29 is 19.0 Å². The molecule has 3 aromatic carbocycles. The van der Waals surface area contributed by atoms with E-state index in [9.17, 15) is 4.79 Å². The minimum Gasteiger partial charge on any atom is -0.490 e. The van der Waals surface area contributed by atoms with Crippen LogP contribution in [0.3, 0.4) is 0 Å². The molecule has 0 bridgehead atoms. The number of amides is 1. The summed E-state index contributed by atoms with van der Waals surface area (Å²) >= 11 is 0. The number of ether oxygens (including phenoxy) is 3. The smallest absolute Gasteiger partial charge is 0.262 e. The highest BCUT2D eigenvalue weighted by atomic mass is 16.5. The fraction of sp³-hybridized carbons (Fsp3) is 0.174. The van der Waals surface area contributed by atoms with Crippen molar-refractivity contribution in [3.05, 3.63) is 84.4 Å². The number of nitrogens with one attached hydrogen (secondary N) is 1. The van der Waals surface area contributed by atoms with Gasteiger partial charge in [0.25, 0.3) is 5.91 Å². The molecule has 0 aliphatic carbocycles. The molecule has 0 atom stereocenters. The van der Waals surface area contributed by atoms with Gasteiger partial charge in [-0.15, -0.1) is 0 Å². The van der Waals surface area contributed by atoms with E-state index in [1.807, 2.05) is 73.7 Å². The van der Waals surface area contributed by atoms with Crippen LogP contribution in [0.5, 0.6) is 17.2 Å². The van der Waals surface area contributed by atoms with Gasteiger partial charge >= 0.3 is 0 Å². The summed E-state index contributed by atoms with van der Waals surface area (Å²) in [7, 11) is 0. The Labute approximate surface area is 164 Å². The quantitative estimate of drug-likeness (QED) is 0.559. The molecule has 0 unspecified atom stereocenters. The van der Waals surface area contributed by atoms with Gasteiger partial charge in [-0.25, -0.2) is 0 Å². The first-order chi connectivity index (χ1) is 13.7. The van der Waals surface area contributed by atoms with Crippen LogP contribution in [0.1, 0.15) is 5.56 Å². The Morgan fingerprint density at radius 2 is 1.39 bits per heavy atom. The van der Waals surface area contributed by atoms with Gasteiger partial charge in [-0.05, 0) is 48.9 Å². The van der Waals surface area contributed by atoms with Gasteiger partial charge in [-0.1, -0.05) is 36.4 Å². The van der Waals surface area contributed by atoms with Crippen molar-refractivity contribution in [2.75, 3.05) is 25.1 Å². The molecule has 1 N–H and O–H groups in total. The third kappa shape index (κ3) is 6.36. The van der Waals surface area contributed by atoms with Gasteiger partial charge in [-0.2, -0.15) is 0 Å². The maximum Gasteiger partial charge on any atom is 0.262 e. The highest BCUT2D eigenvalue weighted by Crippen LogP contribution is 2.18. The molecule has 0 saturated carbocycles. The van der Waals surface area contributed by atoms with E-state index in [1.165, 1.54) is 0 Å². The molecule has 3 rings (SSSR count). The largest absolute Gasteiger partial charge is 0.490 e. The van der Waals surface area contributed by atoms with Crippen LogP contribution in [-0.4, -0.2) is 25.7 Å². The summed E-state index contributed by atoms with van der Waals surface area (Å²) in [5, 5.41) is 2.81. The molecule has 0 fully saturated rings. The second-order valence-corrected chi connectivity index (χ2v) is 6.19. The number of carbonyl (C=O) groups excluding carboxylic acids is 1. The van der Waals surface area contributed by atoms with E-state index in [2.05, 4.69) is 5.32 Å². The van der Waals surface area contributed by atoms with E-state index in [1.54, 1.807) is 12.1 Å². The van der Waals surface area contributed by atoms with Gasteiger partial charge in [-0.3, -0.25) is 4.79 Å². The van der Waals surface area contributed by atoms with Crippen LogP contribution < -0.4 is 19.5 Å². The number of carbonyl (C=O) groups is 1. The van der Waals surface area contributed by atoms with Crippen molar-refractivity contribution >= 4 is 11.6 Å². The summed E-state index contributed by atoms with van der Waals surface area (Å²) in [4.78, 5) is 12.1. The van der Waals surface area contributed by atoms with Gasteiger partial charge in [0, 0.05) is 11.8 Å². The van der Waals surface area contributed by atoms with Crippen LogP contribution >= 0.6 is 0 Å². The van der Waals surface area contributed by atoms with Crippen molar-refractivity contribution in [2.45, 2.75) is 6.92 Å². The second-order valence-electron chi connectivity index (χ2n) is 6.19. The van der Waals surface area contributed by atoms with Gasteiger partial charge < -0.3 is 19.5 Å².